The molecule has 206 valence electrons. The van der Waals surface area contributed by atoms with Crippen molar-refractivity contribution in [2.24, 2.45) is 5.92 Å². The van der Waals surface area contributed by atoms with E-state index in [9.17, 15) is 9.90 Å². The van der Waals surface area contributed by atoms with Crippen LogP contribution >= 0.6 is 0 Å². The largest absolute Gasteiger partial charge is 0.491 e. The van der Waals surface area contributed by atoms with Gasteiger partial charge in [-0.05, 0) is 124 Å². The van der Waals surface area contributed by atoms with E-state index in [2.05, 4.69) is 0 Å². The first-order valence-electron chi connectivity index (χ1n) is 13.8. The maximum atomic E-state index is 15.2. The summed E-state index contributed by atoms with van der Waals surface area (Å²) in [5.74, 6) is 1.17. The molecule has 0 amide bonds. The molecule has 0 aromatic heterocycles. The summed E-state index contributed by atoms with van der Waals surface area (Å²) in [4.78, 5) is 12.0. The van der Waals surface area contributed by atoms with Gasteiger partial charge >= 0.3 is 5.97 Å². The molecular formula is C33H37FO5. The van der Waals surface area contributed by atoms with E-state index in [-0.39, 0.29) is 36.3 Å². The molecule has 3 atom stereocenters. The molecule has 0 radical (unpaired) electrons. The van der Waals surface area contributed by atoms with E-state index in [4.69, 9.17) is 14.2 Å². The number of aryl methyl sites for hydroxylation is 2. The van der Waals surface area contributed by atoms with E-state index in [0.29, 0.717) is 30.1 Å². The van der Waals surface area contributed by atoms with Gasteiger partial charge in [0.2, 0.25) is 0 Å². The summed E-state index contributed by atoms with van der Waals surface area (Å²) in [5, 5.41) is 10.0. The maximum Gasteiger partial charge on any atom is 0.309 e. The van der Waals surface area contributed by atoms with Gasteiger partial charge in [-0.15, -0.1) is 0 Å². The Bertz CT molecular complexity index is 1350. The fourth-order valence-electron chi connectivity index (χ4n) is 5.75. The van der Waals surface area contributed by atoms with Gasteiger partial charge in [0.1, 0.15) is 30.0 Å². The van der Waals surface area contributed by atoms with Crippen LogP contribution in [0.15, 0.2) is 48.5 Å². The Morgan fingerprint density at radius 1 is 1.05 bits per heavy atom. The van der Waals surface area contributed by atoms with Crippen molar-refractivity contribution in [2.75, 3.05) is 13.2 Å². The van der Waals surface area contributed by atoms with Crippen molar-refractivity contribution in [3.05, 3.63) is 82.2 Å². The summed E-state index contributed by atoms with van der Waals surface area (Å²) in [5.41, 5.74) is 5.97. The SMILES string of the molecule is CCOC(=O)[C@H]1C[C@@H]1c1ccc(O[C@@H]2CCc3c(-c4c(C)cc(OCC(C)(C)O)cc4C)ccc(F)c32)cc1. The summed E-state index contributed by atoms with van der Waals surface area (Å²) in [6.45, 7) is 9.91. The standard InChI is InChI=1S/C33H37FO5/c1-6-37-32(35)27-17-26(27)21-7-9-22(10-8-21)39-29-14-12-25-24(11-13-28(34)31(25)29)30-19(2)15-23(16-20(30)3)38-18-33(4,5)36/h7-11,13,15-16,26-27,29,36H,6,12,14,17-18H2,1-5H3/t26-,27+,29-/m1/s1. The second kappa shape index (κ2) is 10.6. The number of hydrogen-bond donors (Lipinski definition) is 1. The minimum absolute atomic E-state index is 0.0555. The zero-order chi connectivity index (χ0) is 27.9. The van der Waals surface area contributed by atoms with E-state index < -0.39 is 5.60 Å². The van der Waals surface area contributed by atoms with Gasteiger partial charge in [0.05, 0.1) is 18.1 Å². The molecule has 0 aliphatic heterocycles. The molecule has 0 spiro atoms. The van der Waals surface area contributed by atoms with E-state index in [1.807, 2.05) is 63.2 Å². The molecule has 39 heavy (non-hydrogen) atoms. The van der Waals surface area contributed by atoms with Crippen LogP contribution in [-0.2, 0) is 16.0 Å². The molecule has 1 saturated carbocycles. The molecule has 2 aliphatic carbocycles. The monoisotopic (exact) mass is 532 g/mol. The molecule has 3 aromatic rings. The van der Waals surface area contributed by atoms with E-state index in [1.165, 1.54) is 0 Å². The van der Waals surface area contributed by atoms with Gasteiger partial charge in [-0.25, -0.2) is 4.39 Å². The average molecular weight is 533 g/mol. The van der Waals surface area contributed by atoms with Crippen molar-refractivity contribution < 1.29 is 28.5 Å². The zero-order valence-corrected chi connectivity index (χ0v) is 23.3. The Morgan fingerprint density at radius 2 is 1.74 bits per heavy atom. The topological polar surface area (TPSA) is 65.0 Å². The van der Waals surface area contributed by atoms with Crippen molar-refractivity contribution in [1.82, 2.24) is 0 Å². The first kappa shape index (κ1) is 27.2. The number of carbonyl (C=O) groups excluding carboxylic acids is 1. The van der Waals surface area contributed by atoms with Crippen molar-refractivity contribution in [1.29, 1.82) is 0 Å². The summed E-state index contributed by atoms with van der Waals surface area (Å²) in [7, 11) is 0. The minimum atomic E-state index is -0.920. The second-order valence-electron chi connectivity index (χ2n) is 11.4. The first-order valence-corrected chi connectivity index (χ1v) is 13.8. The van der Waals surface area contributed by atoms with Crippen LogP contribution in [0.1, 0.15) is 73.5 Å². The number of aliphatic hydroxyl groups is 1. The first-order chi connectivity index (χ1) is 18.6. The Labute approximate surface area is 229 Å². The molecule has 0 unspecified atom stereocenters. The van der Waals surface area contributed by atoms with Crippen molar-refractivity contribution in [3.63, 3.8) is 0 Å². The molecule has 3 aromatic carbocycles. The number of carbonyl (C=O) groups is 1. The molecule has 5 rings (SSSR count). The number of benzene rings is 3. The van der Waals surface area contributed by atoms with Crippen LogP contribution in [0.25, 0.3) is 11.1 Å². The predicted molar refractivity (Wildman–Crippen MR) is 149 cm³/mol. The summed E-state index contributed by atoms with van der Waals surface area (Å²) >= 11 is 0. The molecule has 0 bridgehead atoms. The lowest BCUT2D eigenvalue weighted by Gasteiger charge is -2.21. The third kappa shape index (κ3) is 5.81. The van der Waals surface area contributed by atoms with E-state index in [0.717, 1.165) is 46.2 Å². The Morgan fingerprint density at radius 3 is 2.38 bits per heavy atom. The lowest BCUT2D eigenvalue weighted by atomic mass is 9.90. The highest BCUT2D eigenvalue weighted by molar-refractivity contribution is 5.78. The Kier molecular flexibility index (Phi) is 7.43. The Balaban J connectivity index is 1.35. The van der Waals surface area contributed by atoms with Gasteiger partial charge in [0.25, 0.3) is 0 Å². The Hall–Kier alpha value is -3.38. The van der Waals surface area contributed by atoms with Crippen LogP contribution in [0.4, 0.5) is 4.39 Å². The van der Waals surface area contributed by atoms with Crippen molar-refractivity contribution in [2.45, 2.75) is 71.5 Å². The van der Waals surface area contributed by atoms with Gasteiger partial charge in [-0.3, -0.25) is 4.79 Å². The molecule has 0 heterocycles. The normalized spacial score (nSPS) is 19.9. The van der Waals surface area contributed by atoms with Gasteiger partial charge in [-0.2, -0.15) is 0 Å². The molecule has 1 fully saturated rings. The quantitative estimate of drug-likeness (QED) is 0.301. The molecule has 5 nitrogen and oxygen atoms in total. The lowest BCUT2D eigenvalue weighted by Crippen LogP contribution is -2.27. The third-order valence-corrected chi connectivity index (χ3v) is 7.62. The highest BCUT2D eigenvalue weighted by Crippen LogP contribution is 2.49. The predicted octanol–water partition coefficient (Wildman–Crippen LogP) is 6.99. The lowest BCUT2D eigenvalue weighted by molar-refractivity contribution is -0.144. The molecule has 0 saturated heterocycles. The summed E-state index contributed by atoms with van der Waals surface area (Å²) in [6.07, 6.45) is 1.87. The van der Waals surface area contributed by atoms with Crippen LogP contribution in [-0.4, -0.2) is 29.9 Å². The van der Waals surface area contributed by atoms with Gasteiger partial charge in [0.15, 0.2) is 0 Å². The van der Waals surface area contributed by atoms with Crippen LogP contribution in [0, 0.1) is 25.6 Å². The number of ether oxygens (including phenoxy) is 3. The number of esters is 1. The molecular weight excluding hydrogens is 495 g/mol. The van der Waals surface area contributed by atoms with Crippen LogP contribution in [0.2, 0.25) is 0 Å². The number of halogens is 1. The smallest absolute Gasteiger partial charge is 0.309 e. The van der Waals surface area contributed by atoms with E-state index in [1.54, 1.807) is 19.9 Å². The van der Waals surface area contributed by atoms with Crippen molar-refractivity contribution >= 4 is 5.97 Å². The average Bonchev–Trinajstić information content (AvgIpc) is 3.57. The fourth-order valence-corrected chi connectivity index (χ4v) is 5.75. The highest BCUT2D eigenvalue weighted by atomic mass is 19.1. The second-order valence-corrected chi connectivity index (χ2v) is 11.4. The number of fused-ring (bicyclic) bond motifs is 1. The molecule has 6 heteroatoms. The van der Waals surface area contributed by atoms with Gasteiger partial charge < -0.3 is 19.3 Å². The van der Waals surface area contributed by atoms with Crippen LogP contribution < -0.4 is 9.47 Å². The molecule has 1 N–H and O–H groups in total. The van der Waals surface area contributed by atoms with Crippen LogP contribution in [0.3, 0.4) is 0 Å². The molecule has 2 aliphatic rings. The van der Waals surface area contributed by atoms with Gasteiger partial charge in [0, 0.05) is 5.56 Å². The number of rotatable bonds is 9. The third-order valence-electron chi connectivity index (χ3n) is 7.62. The summed E-state index contributed by atoms with van der Waals surface area (Å²) in [6, 6.07) is 15.2. The van der Waals surface area contributed by atoms with Crippen LogP contribution in [0.5, 0.6) is 11.5 Å². The van der Waals surface area contributed by atoms with Crippen molar-refractivity contribution in [3.8, 4) is 22.6 Å². The minimum Gasteiger partial charge on any atom is -0.491 e. The number of hydrogen-bond acceptors (Lipinski definition) is 5. The highest BCUT2D eigenvalue weighted by Gasteiger charge is 2.45. The summed E-state index contributed by atoms with van der Waals surface area (Å²) < 4.78 is 32.5. The zero-order valence-electron chi connectivity index (χ0n) is 23.3. The van der Waals surface area contributed by atoms with Gasteiger partial charge in [-0.1, -0.05) is 18.2 Å². The fraction of sp³-hybridized carbons (Fsp3) is 0.424. The maximum absolute atomic E-state index is 15.2. The van der Waals surface area contributed by atoms with E-state index >= 15 is 4.39 Å².